The van der Waals surface area contributed by atoms with Crippen molar-refractivity contribution in [3.63, 3.8) is 0 Å². The van der Waals surface area contributed by atoms with E-state index in [-0.39, 0.29) is 10.5 Å². The summed E-state index contributed by atoms with van der Waals surface area (Å²) in [5.74, 6) is -4.86. The highest BCUT2D eigenvalue weighted by Crippen LogP contribution is 2.35. The highest BCUT2D eigenvalue weighted by Gasteiger charge is 2.52. The standard InChI is InChI=1S/C24H30F3N5O5S/c1-30-8-10-31(11-9-30)7-2-12-37-17-3-4-20-19(13-17)18(5-6-28-20)23(34)29-15-21(33)32-16-24(25,26)14-22(32)38(27,35)36/h3-6,13,22H,2,7-12,14-16H2,1H3,(H,29,34). The molecule has 2 amide bonds. The number of halogens is 3. The van der Waals surface area contributed by atoms with E-state index in [1.54, 1.807) is 18.2 Å². The van der Waals surface area contributed by atoms with Gasteiger partial charge in [0.1, 0.15) is 5.75 Å². The smallest absolute Gasteiger partial charge is 0.323 e. The third-order valence-electron chi connectivity index (χ3n) is 6.71. The van der Waals surface area contributed by atoms with Gasteiger partial charge in [-0.3, -0.25) is 14.6 Å². The molecule has 2 aliphatic heterocycles. The molecule has 2 saturated heterocycles. The van der Waals surface area contributed by atoms with Crippen LogP contribution < -0.4 is 10.1 Å². The molecule has 1 atom stereocenters. The Morgan fingerprint density at radius 3 is 2.63 bits per heavy atom. The molecule has 0 saturated carbocycles. The number of nitrogens with zero attached hydrogens (tertiary/aromatic N) is 4. The number of carbonyl (C=O) groups excluding carboxylic acids is 2. The van der Waals surface area contributed by atoms with Crippen LogP contribution in [0.15, 0.2) is 30.5 Å². The molecule has 10 nitrogen and oxygen atoms in total. The third-order valence-corrected chi connectivity index (χ3v) is 7.78. The van der Waals surface area contributed by atoms with Crippen LogP contribution in [0.1, 0.15) is 23.2 Å². The number of piperazine rings is 1. The summed E-state index contributed by atoms with van der Waals surface area (Å²) >= 11 is 0. The molecule has 38 heavy (non-hydrogen) atoms. The Labute approximate surface area is 218 Å². The number of ether oxygens (including phenoxy) is 1. The maximum absolute atomic E-state index is 13.7. The number of rotatable bonds is 9. The lowest BCUT2D eigenvalue weighted by Crippen LogP contribution is -2.45. The summed E-state index contributed by atoms with van der Waals surface area (Å²) in [5.41, 5.74) is 0.656. The molecular formula is C24H30F3N5O5S. The number of nitrogens with one attached hydrogen (secondary N) is 1. The molecule has 1 aromatic heterocycles. The lowest BCUT2D eigenvalue weighted by atomic mass is 10.1. The predicted octanol–water partition coefficient (Wildman–Crippen LogP) is 1.47. The van der Waals surface area contributed by atoms with Crippen molar-refractivity contribution < 1.29 is 35.4 Å². The Morgan fingerprint density at radius 1 is 1.18 bits per heavy atom. The van der Waals surface area contributed by atoms with Gasteiger partial charge in [0.2, 0.25) is 5.91 Å². The SMILES string of the molecule is CN1CCN(CCCOc2ccc3nccc(C(=O)NCC(=O)N4CC(F)(F)CC4S(=O)(=O)F)c3c2)CC1. The minimum absolute atomic E-state index is 0.159. The summed E-state index contributed by atoms with van der Waals surface area (Å²) in [6, 6.07) is 6.51. The van der Waals surface area contributed by atoms with Crippen molar-refractivity contribution in [2.75, 3.05) is 59.5 Å². The van der Waals surface area contributed by atoms with Crippen LogP contribution in [0, 0.1) is 0 Å². The van der Waals surface area contributed by atoms with Crippen molar-refractivity contribution in [1.82, 2.24) is 25.0 Å². The Hall–Kier alpha value is -2.97. The number of fused-ring (bicyclic) bond motifs is 1. The Balaban J connectivity index is 1.36. The van der Waals surface area contributed by atoms with E-state index in [9.17, 15) is 30.7 Å². The number of likely N-dealkylation sites (tertiary alicyclic amines) is 1. The summed E-state index contributed by atoms with van der Waals surface area (Å²) in [4.78, 5) is 34.4. The molecule has 1 unspecified atom stereocenters. The van der Waals surface area contributed by atoms with Crippen molar-refractivity contribution >= 4 is 32.9 Å². The molecule has 2 aromatic rings. The number of likely N-dealkylation sites (N-methyl/N-ethyl adjacent to an activating group) is 1. The van der Waals surface area contributed by atoms with Gasteiger partial charge >= 0.3 is 10.2 Å². The Morgan fingerprint density at radius 2 is 1.92 bits per heavy atom. The fraction of sp³-hybridized carbons (Fsp3) is 0.542. The second-order valence-electron chi connectivity index (χ2n) is 9.58. The van der Waals surface area contributed by atoms with Crippen LogP contribution in [-0.2, 0) is 15.0 Å². The summed E-state index contributed by atoms with van der Waals surface area (Å²) in [5, 5.41) is 0.466. The fourth-order valence-corrected chi connectivity index (χ4v) is 5.54. The molecular weight excluding hydrogens is 527 g/mol. The molecule has 2 aliphatic rings. The number of pyridine rings is 1. The van der Waals surface area contributed by atoms with Gasteiger partial charge in [0, 0.05) is 44.3 Å². The van der Waals surface area contributed by atoms with Crippen LogP contribution in [0.4, 0.5) is 12.7 Å². The molecule has 14 heteroatoms. The minimum Gasteiger partial charge on any atom is -0.494 e. The second-order valence-corrected chi connectivity index (χ2v) is 11.1. The van der Waals surface area contributed by atoms with E-state index in [0.717, 1.165) is 39.1 Å². The van der Waals surface area contributed by atoms with Gasteiger partial charge in [0.15, 0.2) is 5.37 Å². The summed E-state index contributed by atoms with van der Waals surface area (Å²) in [7, 11) is -3.32. The highest BCUT2D eigenvalue weighted by atomic mass is 32.3. The Bertz CT molecular complexity index is 1290. The number of carbonyl (C=O) groups is 2. The zero-order chi connectivity index (χ0) is 27.5. The summed E-state index contributed by atoms with van der Waals surface area (Å²) in [6.45, 7) is 3.47. The number of hydrogen-bond donors (Lipinski definition) is 1. The van der Waals surface area contributed by atoms with Crippen molar-refractivity contribution in [3.05, 3.63) is 36.0 Å². The topological polar surface area (TPSA) is 112 Å². The first kappa shape index (κ1) is 28.0. The van der Waals surface area contributed by atoms with Gasteiger partial charge in [-0.2, -0.15) is 8.42 Å². The third kappa shape index (κ3) is 6.91. The average molecular weight is 558 g/mol. The molecule has 1 N–H and O–H groups in total. The van der Waals surface area contributed by atoms with Gasteiger partial charge in [0.25, 0.3) is 11.8 Å². The van der Waals surface area contributed by atoms with Gasteiger partial charge in [-0.05, 0) is 37.7 Å². The molecule has 2 fully saturated rings. The highest BCUT2D eigenvalue weighted by molar-refractivity contribution is 7.87. The molecule has 0 spiro atoms. The van der Waals surface area contributed by atoms with Gasteiger partial charge < -0.3 is 24.8 Å². The Kier molecular flexibility index (Phi) is 8.43. The van der Waals surface area contributed by atoms with Crippen molar-refractivity contribution in [1.29, 1.82) is 0 Å². The first-order chi connectivity index (χ1) is 17.9. The number of hydrogen-bond acceptors (Lipinski definition) is 8. The maximum Gasteiger partial charge on any atom is 0.323 e. The molecule has 3 heterocycles. The lowest BCUT2D eigenvalue weighted by molar-refractivity contribution is -0.131. The van der Waals surface area contributed by atoms with Gasteiger partial charge in [0.05, 0.1) is 37.2 Å². The van der Waals surface area contributed by atoms with E-state index in [4.69, 9.17) is 4.74 Å². The summed E-state index contributed by atoms with van der Waals surface area (Å²) < 4.78 is 69.3. The predicted molar refractivity (Wildman–Crippen MR) is 133 cm³/mol. The van der Waals surface area contributed by atoms with E-state index in [0.29, 0.717) is 23.3 Å². The zero-order valence-corrected chi connectivity index (χ0v) is 21.7. The van der Waals surface area contributed by atoms with Gasteiger partial charge in [-0.15, -0.1) is 3.89 Å². The van der Waals surface area contributed by atoms with Crippen LogP contribution in [0.5, 0.6) is 5.75 Å². The second kappa shape index (κ2) is 11.4. The van der Waals surface area contributed by atoms with Crippen molar-refractivity contribution in [3.8, 4) is 5.75 Å². The number of amides is 2. The molecule has 208 valence electrons. The molecule has 0 aliphatic carbocycles. The quantitative estimate of drug-likeness (QED) is 0.365. The van der Waals surface area contributed by atoms with Gasteiger partial charge in [-0.1, -0.05) is 0 Å². The van der Waals surface area contributed by atoms with E-state index in [1.165, 1.54) is 12.3 Å². The first-order valence-corrected chi connectivity index (χ1v) is 13.7. The lowest BCUT2D eigenvalue weighted by Gasteiger charge is -2.32. The van der Waals surface area contributed by atoms with E-state index >= 15 is 0 Å². The summed E-state index contributed by atoms with van der Waals surface area (Å²) in [6.07, 6.45) is 0.899. The van der Waals surface area contributed by atoms with Gasteiger partial charge in [-0.25, -0.2) is 8.78 Å². The van der Waals surface area contributed by atoms with Crippen LogP contribution >= 0.6 is 0 Å². The monoisotopic (exact) mass is 557 g/mol. The average Bonchev–Trinajstić information content (AvgIpc) is 3.21. The van der Waals surface area contributed by atoms with E-state index < -0.39 is 52.8 Å². The van der Waals surface area contributed by atoms with E-state index in [2.05, 4.69) is 27.1 Å². The minimum atomic E-state index is -5.42. The fourth-order valence-electron chi connectivity index (χ4n) is 4.60. The van der Waals surface area contributed by atoms with Crippen LogP contribution in [-0.4, -0.2) is 111 Å². The zero-order valence-electron chi connectivity index (χ0n) is 20.9. The van der Waals surface area contributed by atoms with Crippen LogP contribution in [0.2, 0.25) is 0 Å². The number of alkyl halides is 2. The first-order valence-electron chi connectivity index (χ1n) is 12.2. The van der Waals surface area contributed by atoms with Crippen molar-refractivity contribution in [2.24, 2.45) is 0 Å². The number of aromatic nitrogens is 1. The van der Waals surface area contributed by atoms with Crippen LogP contribution in [0.3, 0.4) is 0 Å². The normalized spacial score (nSPS) is 20.5. The molecule has 0 radical (unpaired) electrons. The van der Waals surface area contributed by atoms with Crippen LogP contribution in [0.25, 0.3) is 10.9 Å². The molecule has 0 bridgehead atoms. The largest absolute Gasteiger partial charge is 0.494 e. The maximum atomic E-state index is 13.7. The van der Waals surface area contributed by atoms with Crippen molar-refractivity contribution in [2.45, 2.75) is 24.1 Å². The number of benzene rings is 1. The molecule has 4 rings (SSSR count). The van der Waals surface area contributed by atoms with E-state index in [1.807, 2.05) is 0 Å². The molecule has 1 aromatic carbocycles.